The molecule has 12 heteroatoms. The second kappa shape index (κ2) is 11.1. The molecule has 0 aliphatic carbocycles. The first kappa shape index (κ1) is 26.6. The number of ether oxygens (including phenoxy) is 1. The van der Waals surface area contributed by atoms with Gasteiger partial charge in [0.25, 0.3) is 5.91 Å². The monoisotopic (exact) mass is 561 g/mol. The van der Waals surface area contributed by atoms with E-state index in [1.165, 1.54) is 12.1 Å². The Morgan fingerprint density at radius 3 is 2.44 bits per heavy atom. The molecule has 2 aromatic carbocycles. The normalized spacial score (nSPS) is 17.0. The fourth-order valence-electron chi connectivity index (χ4n) is 5.17. The van der Waals surface area contributed by atoms with Gasteiger partial charge in [-0.15, -0.1) is 0 Å². The average Bonchev–Trinajstić information content (AvgIpc) is 3.37. The van der Waals surface area contributed by atoms with Crippen LogP contribution in [0.3, 0.4) is 0 Å². The van der Waals surface area contributed by atoms with Crippen LogP contribution in [0.5, 0.6) is 5.75 Å². The Bertz CT molecular complexity index is 1580. The molecule has 0 spiro atoms. The van der Waals surface area contributed by atoms with Crippen LogP contribution in [0.4, 0.5) is 20.3 Å². The minimum absolute atomic E-state index is 0.0500. The van der Waals surface area contributed by atoms with Crippen molar-refractivity contribution in [3.63, 3.8) is 0 Å². The SMILES string of the molecule is Cc1cc(Nc2nccn3c(-c4ccc(OC(F)F)cc4)cnc23)ccc1C(=O)N1CCN(C(=O)[C@H]2CCN2)CC1. The van der Waals surface area contributed by atoms with Crippen LogP contribution in [-0.4, -0.2) is 81.4 Å². The van der Waals surface area contributed by atoms with Gasteiger partial charge in [-0.25, -0.2) is 9.97 Å². The molecule has 2 fully saturated rings. The number of amides is 2. The van der Waals surface area contributed by atoms with E-state index in [2.05, 4.69) is 25.3 Å². The lowest BCUT2D eigenvalue weighted by Gasteiger charge is -2.38. The number of rotatable bonds is 7. The summed E-state index contributed by atoms with van der Waals surface area (Å²) in [5, 5.41) is 6.44. The molecule has 2 N–H and O–H groups in total. The highest BCUT2D eigenvalue weighted by Gasteiger charge is 2.32. The van der Waals surface area contributed by atoms with Crippen LogP contribution in [0, 0.1) is 6.92 Å². The van der Waals surface area contributed by atoms with E-state index in [0.717, 1.165) is 35.5 Å². The molecule has 41 heavy (non-hydrogen) atoms. The van der Waals surface area contributed by atoms with Crippen LogP contribution in [0.2, 0.25) is 0 Å². The first-order chi connectivity index (χ1) is 19.9. The lowest BCUT2D eigenvalue weighted by Crippen LogP contribution is -2.59. The Labute approximate surface area is 234 Å². The number of aryl methyl sites for hydroxylation is 1. The van der Waals surface area contributed by atoms with Crippen LogP contribution < -0.4 is 15.4 Å². The molecule has 0 saturated carbocycles. The first-order valence-electron chi connectivity index (χ1n) is 13.4. The predicted molar refractivity (Wildman–Crippen MR) is 148 cm³/mol. The molecule has 2 aromatic heterocycles. The summed E-state index contributed by atoms with van der Waals surface area (Å²) in [4.78, 5) is 38.4. The summed E-state index contributed by atoms with van der Waals surface area (Å²) in [6.45, 7) is 1.98. The van der Waals surface area contributed by atoms with Gasteiger partial charge in [0.15, 0.2) is 11.5 Å². The summed E-state index contributed by atoms with van der Waals surface area (Å²) in [5.74, 6) is 0.681. The molecular weight excluding hydrogens is 532 g/mol. The number of nitrogens with zero attached hydrogens (tertiary/aromatic N) is 5. The summed E-state index contributed by atoms with van der Waals surface area (Å²) in [6.07, 6.45) is 5.98. The molecule has 2 amide bonds. The number of carbonyl (C=O) groups excluding carboxylic acids is 2. The molecule has 1 atom stereocenters. The third kappa shape index (κ3) is 5.42. The Kier molecular flexibility index (Phi) is 7.23. The van der Waals surface area contributed by atoms with Gasteiger partial charge in [0, 0.05) is 55.4 Å². The molecular formula is C29H29F2N7O3. The minimum atomic E-state index is -2.88. The van der Waals surface area contributed by atoms with E-state index in [1.807, 2.05) is 28.4 Å². The fourth-order valence-corrected chi connectivity index (χ4v) is 5.17. The van der Waals surface area contributed by atoms with Gasteiger partial charge in [-0.3, -0.25) is 14.0 Å². The van der Waals surface area contributed by atoms with Crippen LogP contribution in [0.25, 0.3) is 16.9 Å². The Hall–Kier alpha value is -4.58. The van der Waals surface area contributed by atoms with E-state index in [0.29, 0.717) is 43.2 Å². The number of aromatic nitrogens is 3. The lowest BCUT2D eigenvalue weighted by atomic mass is 10.0. The van der Waals surface area contributed by atoms with E-state index < -0.39 is 6.61 Å². The van der Waals surface area contributed by atoms with Gasteiger partial charge >= 0.3 is 6.61 Å². The molecule has 6 rings (SSSR count). The summed E-state index contributed by atoms with van der Waals surface area (Å²) in [5.41, 5.74) is 4.31. The zero-order valence-electron chi connectivity index (χ0n) is 22.4. The molecule has 2 aliphatic heterocycles. The fraction of sp³-hybridized carbons (Fsp3) is 0.310. The van der Waals surface area contributed by atoms with Crippen molar-refractivity contribution in [1.29, 1.82) is 0 Å². The zero-order chi connectivity index (χ0) is 28.5. The van der Waals surface area contributed by atoms with Crippen molar-refractivity contribution in [2.75, 3.05) is 38.0 Å². The maximum Gasteiger partial charge on any atom is 0.387 e. The predicted octanol–water partition coefficient (Wildman–Crippen LogP) is 3.70. The van der Waals surface area contributed by atoms with E-state index in [4.69, 9.17) is 0 Å². The quantitative estimate of drug-likeness (QED) is 0.355. The minimum Gasteiger partial charge on any atom is -0.435 e. The van der Waals surface area contributed by atoms with Crippen molar-refractivity contribution >= 4 is 29.0 Å². The molecule has 0 radical (unpaired) electrons. The first-order valence-corrected chi connectivity index (χ1v) is 13.4. The lowest BCUT2D eigenvalue weighted by molar-refractivity contribution is -0.136. The molecule has 2 aliphatic rings. The summed E-state index contributed by atoms with van der Waals surface area (Å²) in [6, 6.07) is 11.8. The number of halogens is 2. The topological polar surface area (TPSA) is 104 Å². The van der Waals surface area contributed by atoms with Gasteiger partial charge in [0.2, 0.25) is 5.91 Å². The van der Waals surface area contributed by atoms with Gasteiger partial charge in [-0.2, -0.15) is 8.78 Å². The van der Waals surface area contributed by atoms with Crippen LogP contribution in [0.15, 0.2) is 61.1 Å². The van der Waals surface area contributed by atoms with Crippen molar-refractivity contribution in [2.24, 2.45) is 0 Å². The van der Waals surface area contributed by atoms with E-state index >= 15 is 0 Å². The maximum atomic E-state index is 13.3. The molecule has 4 heterocycles. The summed E-state index contributed by atoms with van der Waals surface area (Å²) in [7, 11) is 0. The molecule has 0 bridgehead atoms. The molecule has 2 saturated heterocycles. The number of hydrogen-bond donors (Lipinski definition) is 2. The van der Waals surface area contributed by atoms with Crippen molar-refractivity contribution in [3.8, 4) is 17.0 Å². The number of piperazine rings is 1. The average molecular weight is 562 g/mol. The standard InChI is InChI=1S/C29H29F2N7O3/c1-18-16-20(4-7-22(18)27(39)36-12-14-37(15-13-36)28(40)23-8-9-32-23)35-25-26-34-17-24(38(26)11-10-33-25)19-2-5-21(6-3-19)41-29(30)31/h2-7,10-11,16-17,23,29,32H,8-9,12-15H2,1H3,(H,33,35)/t23-/m1/s1. The summed E-state index contributed by atoms with van der Waals surface area (Å²) < 4.78 is 31.3. The third-order valence-electron chi connectivity index (χ3n) is 7.52. The van der Waals surface area contributed by atoms with Gasteiger partial charge < -0.3 is 25.2 Å². The van der Waals surface area contributed by atoms with Gasteiger partial charge in [-0.1, -0.05) is 0 Å². The van der Waals surface area contributed by atoms with Crippen molar-refractivity contribution in [2.45, 2.75) is 26.0 Å². The Morgan fingerprint density at radius 2 is 1.78 bits per heavy atom. The number of benzene rings is 2. The third-order valence-corrected chi connectivity index (χ3v) is 7.52. The Balaban J connectivity index is 1.14. The molecule has 212 valence electrons. The number of imidazole rings is 1. The molecule has 4 aromatic rings. The highest BCUT2D eigenvalue weighted by Crippen LogP contribution is 2.28. The number of hydrogen-bond acceptors (Lipinski definition) is 7. The second-order valence-corrected chi connectivity index (χ2v) is 10.1. The van der Waals surface area contributed by atoms with Crippen LogP contribution >= 0.6 is 0 Å². The Morgan fingerprint density at radius 1 is 1.05 bits per heavy atom. The van der Waals surface area contributed by atoms with Crippen LogP contribution in [0.1, 0.15) is 22.3 Å². The van der Waals surface area contributed by atoms with E-state index in [1.54, 1.807) is 41.7 Å². The second-order valence-electron chi connectivity index (χ2n) is 10.1. The largest absolute Gasteiger partial charge is 0.435 e. The van der Waals surface area contributed by atoms with E-state index in [9.17, 15) is 18.4 Å². The van der Waals surface area contributed by atoms with Gasteiger partial charge in [0.05, 0.1) is 17.9 Å². The zero-order valence-corrected chi connectivity index (χ0v) is 22.4. The number of nitrogens with one attached hydrogen (secondary N) is 2. The molecule has 0 unspecified atom stereocenters. The van der Waals surface area contributed by atoms with Crippen LogP contribution in [-0.2, 0) is 4.79 Å². The van der Waals surface area contributed by atoms with Crippen molar-refractivity contribution in [1.82, 2.24) is 29.5 Å². The van der Waals surface area contributed by atoms with E-state index in [-0.39, 0.29) is 23.6 Å². The molecule has 10 nitrogen and oxygen atoms in total. The number of fused-ring (bicyclic) bond motifs is 1. The summed E-state index contributed by atoms with van der Waals surface area (Å²) >= 11 is 0. The highest BCUT2D eigenvalue weighted by molar-refractivity contribution is 5.96. The number of anilines is 2. The van der Waals surface area contributed by atoms with Crippen molar-refractivity contribution < 1.29 is 23.1 Å². The highest BCUT2D eigenvalue weighted by atomic mass is 19.3. The van der Waals surface area contributed by atoms with Gasteiger partial charge in [-0.05, 0) is 67.9 Å². The maximum absolute atomic E-state index is 13.3. The van der Waals surface area contributed by atoms with Gasteiger partial charge in [0.1, 0.15) is 5.75 Å². The smallest absolute Gasteiger partial charge is 0.387 e. The number of alkyl halides is 2. The van der Waals surface area contributed by atoms with Crippen molar-refractivity contribution in [3.05, 3.63) is 72.2 Å². The number of carbonyl (C=O) groups is 2.